The van der Waals surface area contributed by atoms with E-state index in [4.69, 9.17) is 16.7 Å². The molecule has 0 spiro atoms. The van der Waals surface area contributed by atoms with Gasteiger partial charge in [0.1, 0.15) is 11.9 Å². The fourth-order valence-electron chi connectivity index (χ4n) is 2.25. The van der Waals surface area contributed by atoms with Gasteiger partial charge in [0.25, 0.3) is 0 Å². The Hall–Kier alpha value is -1.66. The standard InChI is InChI=1S/C13H14ClFN2O3/c14-9-6-8(3-4-10(9)15)16-12(18)7-17-5-1-2-11(17)13(19)20/h3-4,6,11H,1-2,5,7H2,(H,16,18)(H,19,20). The maximum absolute atomic E-state index is 13.0. The number of hydrogen-bond acceptors (Lipinski definition) is 3. The molecule has 1 unspecified atom stereocenters. The second-order valence-electron chi connectivity index (χ2n) is 4.64. The summed E-state index contributed by atoms with van der Waals surface area (Å²) in [5, 5.41) is 11.5. The summed E-state index contributed by atoms with van der Waals surface area (Å²) in [4.78, 5) is 24.5. The molecule has 1 heterocycles. The number of carboxylic acid groups (broad SMARTS) is 1. The second kappa shape index (κ2) is 6.19. The van der Waals surface area contributed by atoms with Crippen molar-refractivity contribution in [2.24, 2.45) is 0 Å². The van der Waals surface area contributed by atoms with Gasteiger partial charge < -0.3 is 10.4 Å². The molecule has 0 aromatic heterocycles. The van der Waals surface area contributed by atoms with Gasteiger partial charge in [0, 0.05) is 5.69 Å². The van der Waals surface area contributed by atoms with Gasteiger partial charge in [-0.2, -0.15) is 0 Å². The highest BCUT2D eigenvalue weighted by Crippen LogP contribution is 2.20. The molecule has 0 saturated carbocycles. The average Bonchev–Trinajstić information content (AvgIpc) is 2.82. The van der Waals surface area contributed by atoms with Crippen LogP contribution in [0.1, 0.15) is 12.8 Å². The van der Waals surface area contributed by atoms with E-state index in [1.807, 2.05) is 0 Å². The minimum absolute atomic E-state index is 0.00797. The minimum Gasteiger partial charge on any atom is -0.480 e. The van der Waals surface area contributed by atoms with Crippen LogP contribution in [0.5, 0.6) is 0 Å². The molecule has 2 N–H and O–H groups in total. The third-order valence-corrected chi connectivity index (χ3v) is 3.49. The highest BCUT2D eigenvalue weighted by Gasteiger charge is 2.31. The van der Waals surface area contributed by atoms with Crippen LogP contribution in [0.2, 0.25) is 5.02 Å². The van der Waals surface area contributed by atoms with Crippen LogP contribution in [0.4, 0.5) is 10.1 Å². The van der Waals surface area contributed by atoms with E-state index < -0.39 is 17.8 Å². The van der Waals surface area contributed by atoms with E-state index in [0.29, 0.717) is 18.7 Å². The number of rotatable bonds is 4. The van der Waals surface area contributed by atoms with E-state index in [9.17, 15) is 14.0 Å². The monoisotopic (exact) mass is 300 g/mol. The molecule has 2 rings (SSSR count). The SMILES string of the molecule is O=C(CN1CCCC1C(=O)O)Nc1ccc(F)c(Cl)c1. The summed E-state index contributed by atoms with van der Waals surface area (Å²) in [6, 6.07) is 3.26. The van der Waals surface area contributed by atoms with Gasteiger partial charge in [0.05, 0.1) is 11.6 Å². The highest BCUT2D eigenvalue weighted by atomic mass is 35.5. The van der Waals surface area contributed by atoms with Crippen LogP contribution in [-0.2, 0) is 9.59 Å². The zero-order chi connectivity index (χ0) is 14.7. The number of nitrogens with zero attached hydrogens (tertiary/aromatic N) is 1. The molecule has 1 aliphatic rings. The van der Waals surface area contributed by atoms with Gasteiger partial charge in [-0.1, -0.05) is 11.6 Å². The van der Waals surface area contributed by atoms with Crippen molar-refractivity contribution in [3.8, 4) is 0 Å². The van der Waals surface area contributed by atoms with Crippen molar-refractivity contribution in [2.75, 3.05) is 18.4 Å². The van der Waals surface area contributed by atoms with E-state index in [2.05, 4.69) is 5.32 Å². The lowest BCUT2D eigenvalue weighted by Crippen LogP contribution is -2.40. The molecular formula is C13H14ClFN2O3. The number of nitrogens with one attached hydrogen (secondary N) is 1. The predicted molar refractivity (Wildman–Crippen MR) is 72.3 cm³/mol. The zero-order valence-corrected chi connectivity index (χ0v) is 11.4. The topological polar surface area (TPSA) is 69.6 Å². The first-order valence-electron chi connectivity index (χ1n) is 6.19. The van der Waals surface area contributed by atoms with Crippen molar-refractivity contribution >= 4 is 29.2 Å². The number of aliphatic carboxylic acids is 1. The minimum atomic E-state index is -0.917. The first-order chi connectivity index (χ1) is 9.47. The first-order valence-corrected chi connectivity index (χ1v) is 6.57. The summed E-state index contributed by atoms with van der Waals surface area (Å²) in [6.07, 6.45) is 1.30. The van der Waals surface area contributed by atoms with Crippen LogP contribution in [0.25, 0.3) is 0 Å². The molecule has 1 aromatic carbocycles. The molecular weight excluding hydrogens is 287 g/mol. The van der Waals surface area contributed by atoms with E-state index in [1.54, 1.807) is 4.90 Å². The van der Waals surface area contributed by atoms with Crippen molar-refractivity contribution < 1.29 is 19.1 Å². The molecule has 0 radical (unpaired) electrons. The quantitative estimate of drug-likeness (QED) is 0.892. The molecule has 1 aliphatic heterocycles. The Morgan fingerprint density at radius 1 is 1.50 bits per heavy atom. The smallest absolute Gasteiger partial charge is 0.320 e. The Morgan fingerprint density at radius 3 is 2.90 bits per heavy atom. The average molecular weight is 301 g/mol. The molecule has 20 heavy (non-hydrogen) atoms. The van der Waals surface area contributed by atoms with Crippen molar-refractivity contribution in [1.29, 1.82) is 0 Å². The molecule has 0 bridgehead atoms. The Labute approximate surface area is 120 Å². The maximum atomic E-state index is 13.0. The maximum Gasteiger partial charge on any atom is 0.320 e. The number of likely N-dealkylation sites (tertiary alicyclic amines) is 1. The van der Waals surface area contributed by atoms with Crippen LogP contribution in [0.15, 0.2) is 18.2 Å². The van der Waals surface area contributed by atoms with Gasteiger partial charge in [0.2, 0.25) is 5.91 Å². The second-order valence-corrected chi connectivity index (χ2v) is 5.05. The number of carboxylic acids is 1. The van der Waals surface area contributed by atoms with Crippen molar-refractivity contribution in [2.45, 2.75) is 18.9 Å². The molecule has 108 valence electrons. The van der Waals surface area contributed by atoms with Gasteiger partial charge in [0.15, 0.2) is 0 Å². The number of halogens is 2. The number of benzene rings is 1. The van der Waals surface area contributed by atoms with Gasteiger partial charge >= 0.3 is 5.97 Å². The van der Waals surface area contributed by atoms with Crippen molar-refractivity contribution in [1.82, 2.24) is 4.90 Å². The number of carbonyl (C=O) groups excluding carboxylic acids is 1. The third-order valence-electron chi connectivity index (χ3n) is 3.20. The first kappa shape index (κ1) is 14.7. The molecule has 1 saturated heterocycles. The fourth-order valence-corrected chi connectivity index (χ4v) is 2.43. The molecule has 1 atom stereocenters. The lowest BCUT2D eigenvalue weighted by Gasteiger charge is -2.20. The summed E-state index contributed by atoms with van der Waals surface area (Å²) in [6.45, 7) is 0.570. The molecule has 0 aliphatic carbocycles. The summed E-state index contributed by atoms with van der Waals surface area (Å²) in [5.74, 6) is -1.82. The number of hydrogen-bond donors (Lipinski definition) is 2. The largest absolute Gasteiger partial charge is 0.480 e. The summed E-state index contributed by atoms with van der Waals surface area (Å²) in [7, 11) is 0. The Morgan fingerprint density at radius 2 is 2.25 bits per heavy atom. The summed E-state index contributed by atoms with van der Waals surface area (Å²) < 4.78 is 13.0. The van der Waals surface area contributed by atoms with Crippen LogP contribution in [-0.4, -0.2) is 41.0 Å². The Bertz CT molecular complexity index is 538. The van der Waals surface area contributed by atoms with Crippen LogP contribution >= 0.6 is 11.6 Å². The Kier molecular flexibility index (Phi) is 4.57. The summed E-state index contributed by atoms with van der Waals surface area (Å²) in [5.41, 5.74) is 0.382. The zero-order valence-electron chi connectivity index (χ0n) is 10.6. The molecule has 1 fully saturated rings. The van der Waals surface area contributed by atoms with Gasteiger partial charge in [-0.25, -0.2) is 4.39 Å². The van der Waals surface area contributed by atoms with Crippen LogP contribution in [0.3, 0.4) is 0 Å². The lowest BCUT2D eigenvalue weighted by molar-refractivity contribution is -0.142. The lowest BCUT2D eigenvalue weighted by atomic mass is 10.2. The summed E-state index contributed by atoms with van der Waals surface area (Å²) >= 11 is 5.62. The van der Waals surface area contributed by atoms with E-state index >= 15 is 0 Å². The fraction of sp³-hybridized carbons (Fsp3) is 0.385. The predicted octanol–water partition coefficient (Wildman–Crippen LogP) is 1.97. The van der Waals surface area contributed by atoms with Gasteiger partial charge in [-0.15, -0.1) is 0 Å². The molecule has 1 amide bonds. The van der Waals surface area contributed by atoms with Gasteiger partial charge in [-0.3, -0.25) is 14.5 Å². The number of amides is 1. The third kappa shape index (κ3) is 3.46. The van der Waals surface area contributed by atoms with Gasteiger partial charge in [-0.05, 0) is 37.6 Å². The number of carbonyl (C=O) groups is 2. The Balaban J connectivity index is 1.95. The number of anilines is 1. The molecule has 1 aromatic rings. The van der Waals surface area contributed by atoms with Crippen LogP contribution < -0.4 is 5.32 Å². The molecule has 7 heteroatoms. The van der Waals surface area contributed by atoms with E-state index in [-0.39, 0.29) is 17.5 Å². The van der Waals surface area contributed by atoms with Crippen molar-refractivity contribution in [3.05, 3.63) is 29.0 Å². The normalized spacial score (nSPS) is 19.0. The van der Waals surface area contributed by atoms with E-state index in [1.165, 1.54) is 12.1 Å². The van der Waals surface area contributed by atoms with Crippen LogP contribution in [0, 0.1) is 5.82 Å². The highest BCUT2D eigenvalue weighted by molar-refractivity contribution is 6.31. The van der Waals surface area contributed by atoms with E-state index in [0.717, 1.165) is 12.5 Å². The molecule has 5 nitrogen and oxygen atoms in total. The van der Waals surface area contributed by atoms with Crippen molar-refractivity contribution in [3.63, 3.8) is 0 Å².